The number of rotatable bonds is 3. The zero-order chi connectivity index (χ0) is 17.6. The fourth-order valence-corrected chi connectivity index (χ4v) is 4.39. The van der Waals surface area contributed by atoms with Crippen LogP contribution in [0.15, 0.2) is 42.6 Å². The van der Waals surface area contributed by atoms with Crippen LogP contribution >= 0.6 is 0 Å². The van der Waals surface area contributed by atoms with Crippen molar-refractivity contribution in [3.8, 4) is 0 Å². The first-order chi connectivity index (χ1) is 12.1. The molecule has 0 amide bonds. The predicted octanol–water partition coefficient (Wildman–Crippen LogP) is 4.74. The van der Waals surface area contributed by atoms with Crippen LogP contribution in [0.3, 0.4) is 0 Å². The number of aryl methyl sites for hydroxylation is 1. The molecule has 3 nitrogen and oxygen atoms in total. The van der Waals surface area contributed by atoms with Gasteiger partial charge < -0.3 is 9.72 Å². The van der Waals surface area contributed by atoms with E-state index in [0.29, 0.717) is 5.56 Å². The Balaban J connectivity index is 1.94. The van der Waals surface area contributed by atoms with E-state index in [1.807, 2.05) is 24.4 Å². The number of esters is 1. The summed E-state index contributed by atoms with van der Waals surface area (Å²) in [5, 5.41) is 1.03. The third-order valence-electron chi connectivity index (χ3n) is 5.64. The van der Waals surface area contributed by atoms with Crippen molar-refractivity contribution >= 4 is 16.9 Å². The summed E-state index contributed by atoms with van der Waals surface area (Å²) in [5.41, 5.74) is 4.63. The topological polar surface area (TPSA) is 42.1 Å². The Bertz CT molecular complexity index is 975. The highest BCUT2D eigenvalue weighted by atomic mass is 19.1. The summed E-state index contributed by atoms with van der Waals surface area (Å²) in [5.74, 6) is -0.531. The van der Waals surface area contributed by atoms with E-state index in [0.717, 1.165) is 35.7 Å². The highest BCUT2D eigenvalue weighted by Crippen LogP contribution is 2.49. The fourth-order valence-electron chi connectivity index (χ4n) is 4.39. The quantitative estimate of drug-likeness (QED) is 0.702. The number of nitrogens with one attached hydrogen (secondary N) is 1. The van der Waals surface area contributed by atoms with Crippen molar-refractivity contribution in [2.24, 2.45) is 0 Å². The molecule has 0 spiro atoms. The lowest BCUT2D eigenvalue weighted by atomic mass is 9.73. The van der Waals surface area contributed by atoms with Crippen molar-refractivity contribution in [3.05, 3.63) is 70.7 Å². The van der Waals surface area contributed by atoms with Crippen LogP contribution < -0.4 is 0 Å². The van der Waals surface area contributed by atoms with Crippen LogP contribution in [0.25, 0.3) is 10.9 Å². The minimum atomic E-state index is -0.349. The lowest BCUT2D eigenvalue weighted by molar-refractivity contribution is 0.0603. The number of benzene rings is 2. The molecule has 4 heteroatoms. The van der Waals surface area contributed by atoms with E-state index < -0.39 is 0 Å². The van der Waals surface area contributed by atoms with E-state index in [-0.39, 0.29) is 17.2 Å². The number of para-hydroxylation sites is 1. The molecule has 1 aliphatic carbocycles. The van der Waals surface area contributed by atoms with Crippen molar-refractivity contribution in [1.82, 2.24) is 4.98 Å². The van der Waals surface area contributed by atoms with Gasteiger partial charge in [0.15, 0.2) is 0 Å². The second-order valence-electron chi connectivity index (χ2n) is 6.66. The number of methoxy groups -OCH3 is 1. The van der Waals surface area contributed by atoms with Crippen LogP contribution in [0.1, 0.15) is 46.8 Å². The summed E-state index contributed by atoms with van der Waals surface area (Å²) in [6, 6.07) is 10.8. The number of hydrogen-bond acceptors (Lipinski definition) is 2. The molecule has 1 N–H and O–H groups in total. The number of fused-ring (bicyclic) bond motifs is 2. The molecule has 1 heterocycles. The summed E-state index contributed by atoms with van der Waals surface area (Å²) >= 11 is 0. The normalized spacial score (nSPS) is 19.2. The van der Waals surface area contributed by atoms with E-state index in [4.69, 9.17) is 4.74 Å². The summed E-state index contributed by atoms with van der Waals surface area (Å²) in [6.07, 6.45) is 4.72. The van der Waals surface area contributed by atoms with Gasteiger partial charge in [0, 0.05) is 17.0 Å². The van der Waals surface area contributed by atoms with Crippen molar-refractivity contribution in [2.75, 3.05) is 7.11 Å². The Hall–Kier alpha value is -2.62. The van der Waals surface area contributed by atoms with Gasteiger partial charge in [0.25, 0.3) is 0 Å². The summed E-state index contributed by atoms with van der Waals surface area (Å²) in [4.78, 5) is 15.3. The van der Waals surface area contributed by atoms with Gasteiger partial charge in [-0.25, -0.2) is 9.18 Å². The molecule has 0 saturated heterocycles. The first kappa shape index (κ1) is 15.9. The van der Waals surface area contributed by atoms with Crippen molar-refractivity contribution < 1.29 is 13.9 Å². The van der Waals surface area contributed by atoms with Crippen molar-refractivity contribution in [2.45, 2.75) is 31.6 Å². The molecule has 2 aromatic carbocycles. The van der Waals surface area contributed by atoms with E-state index in [2.05, 4.69) is 11.9 Å². The molecule has 0 fully saturated rings. The second kappa shape index (κ2) is 5.73. The Kier molecular flexibility index (Phi) is 3.64. The van der Waals surface area contributed by atoms with Gasteiger partial charge in [-0.15, -0.1) is 0 Å². The minimum absolute atomic E-state index is 0.157. The molecule has 128 valence electrons. The molecule has 1 aromatic heterocycles. The summed E-state index contributed by atoms with van der Waals surface area (Å²) in [6.45, 7) is 2.17. The highest BCUT2D eigenvalue weighted by molar-refractivity contribution is 6.04. The number of ether oxygens (including phenoxy) is 1. The smallest absolute Gasteiger partial charge is 0.339 e. The van der Waals surface area contributed by atoms with Crippen LogP contribution in [-0.2, 0) is 16.6 Å². The summed E-state index contributed by atoms with van der Waals surface area (Å²) in [7, 11) is 1.39. The second-order valence-corrected chi connectivity index (χ2v) is 6.66. The highest BCUT2D eigenvalue weighted by Gasteiger charge is 2.40. The number of hydrogen-bond donors (Lipinski definition) is 1. The molecule has 4 rings (SSSR count). The van der Waals surface area contributed by atoms with Gasteiger partial charge >= 0.3 is 5.97 Å². The Morgan fingerprint density at radius 1 is 1.28 bits per heavy atom. The van der Waals surface area contributed by atoms with Gasteiger partial charge in [-0.2, -0.15) is 0 Å². The number of aromatic nitrogens is 1. The molecule has 1 atom stereocenters. The SMILES string of the molecule is CCC1(c2c[nH]c3c(C(=O)OC)cccc23)CCc2cc(F)ccc21. The maximum Gasteiger partial charge on any atom is 0.339 e. The number of carbonyl (C=O) groups excluding carboxylic acids is 1. The summed E-state index contributed by atoms with van der Waals surface area (Å²) < 4.78 is 18.5. The van der Waals surface area contributed by atoms with Crippen molar-refractivity contribution in [3.63, 3.8) is 0 Å². The molecule has 0 aliphatic heterocycles. The van der Waals surface area contributed by atoms with Crippen LogP contribution in [-0.4, -0.2) is 18.1 Å². The van der Waals surface area contributed by atoms with Gasteiger partial charge in [0.1, 0.15) is 5.82 Å². The average Bonchev–Trinajstić information content (AvgIpc) is 3.22. The lowest BCUT2D eigenvalue weighted by Gasteiger charge is -2.29. The molecule has 0 bridgehead atoms. The number of H-pyrrole nitrogens is 1. The molecule has 3 aromatic rings. The molecule has 1 unspecified atom stereocenters. The first-order valence-electron chi connectivity index (χ1n) is 8.58. The van der Waals surface area contributed by atoms with E-state index in [1.54, 1.807) is 18.2 Å². The third kappa shape index (κ3) is 2.20. The Labute approximate surface area is 145 Å². The van der Waals surface area contributed by atoms with Gasteiger partial charge in [-0.05, 0) is 54.2 Å². The van der Waals surface area contributed by atoms with E-state index >= 15 is 0 Å². The zero-order valence-electron chi connectivity index (χ0n) is 14.4. The molecule has 0 radical (unpaired) electrons. The maximum absolute atomic E-state index is 13.6. The third-order valence-corrected chi connectivity index (χ3v) is 5.64. The standard InChI is InChI=1S/C21H20FNO2/c1-3-21(10-9-13-11-14(22)7-8-17(13)21)18-12-23-19-15(18)5-4-6-16(19)20(24)25-2/h4-8,11-12,23H,3,9-10H2,1-2H3. The van der Waals surface area contributed by atoms with Crippen LogP contribution in [0.4, 0.5) is 4.39 Å². The van der Waals surface area contributed by atoms with E-state index in [1.165, 1.54) is 18.2 Å². The van der Waals surface area contributed by atoms with Crippen LogP contribution in [0, 0.1) is 5.82 Å². The van der Waals surface area contributed by atoms with Crippen LogP contribution in [0.2, 0.25) is 0 Å². The molecular formula is C21H20FNO2. The Morgan fingerprint density at radius 2 is 2.12 bits per heavy atom. The zero-order valence-corrected chi connectivity index (χ0v) is 14.4. The molecule has 0 saturated carbocycles. The predicted molar refractivity (Wildman–Crippen MR) is 95.4 cm³/mol. The fraction of sp³-hybridized carbons (Fsp3) is 0.286. The molecular weight excluding hydrogens is 317 g/mol. The Morgan fingerprint density at radius 3 is 2.88 bits per heavy atom. The first-order valence-corrected chi connectivity index (χ1v) is 8.58. The number of carbonyl (C=O) groups is 1. The largest absolute Gasteiger partial charge is 0.465 e. The van der Waals surface area contributed by atoms with Crippen molar-refractivity contribution in [1.29, 1.82) is 0 Å². The van der Waals surface area contributed by atoms with Gasteiger partial charge in [0.2, 0.25) is 0 Å². The van der Waals surface area contributed by atoms with Crippen LogP contribution in [0.5, 0.6) is 0 Å². The van der Waals surface area contributed by atoms with Gasteiger partial charge in [-0.1, -0.05) is 25.1 Å². The van der Waals surface area contributed by atoms with Gasteiger partial charge in [0.05, 0.1) is 18.2 Å². The maximum atomic E-state index is 13.6. The molecule has 25 heavy (non-hydrogen) atoms. The van der Waals surface area contributed by atoms with E-state index in [9.17, 15) is 9.18 Å². The van der Waals surface area contributed by atoms with Gasteiger partial charge in [-0.3, -0.25) is 0 Å². The number of aromatic amines is 1. The molecule has 1 aliphatic rings. The number of halogens is 1. The monoisotopic (exact) mass is 337 g/mol. The lowest BCUT2D eigenvalue weighted by Crippen LogP contribution is -2.23. The minimum Gasteiger partial charge on any atom is -0.465 e. The average molecular weight is 337 g/mol.